The number of pyridine rings is 1. The standard InChI is InChI=1S/C24H20ClN9O/c1-13-3-6-21(33-30-13)28-16-4-5-20-18(10-16)27-12-34(20)24-17(25)9-15(7-8-35)23(29-24)22-14(2)31-32-19(22)11-26/h3-6,9-10,12,35H,7-8H2,1-2H3,(H,28,33)(H,31,32). The number of imidazole rings is 1. The maximum absolute atomic E-state index is 9.58. The van der Waals surface area contributed by atoms with E-state index in [2.05, 4.69) is 36.8 Å². The third-order valence-corrected chi connectivity index (χ3v) is 5.83. The smallest absolute Gasteiger partial charge is 0.171 e. The average molecular weight is 486 g/mol. The normalized spacial score (nSPS) is 11.1. The van der Waals surface area contributed by atoms with Crippen molar-refractivity contribution in [2.75, 3.05) is 11.9 Å². The fourth-order valence-electron chi connectivity index (χ4n) is 3.89. The Balaban J connectivity index is 1.59. The molecule has 0 aliphatic carbocycles. The number of fused-ring (bicyclic) bond motifs is 1. The number of nitrogens with one attached hydrogen (secondary N) is 2. The Morgan fingerprint density at radius 1 is 1.17 bits per heavy atom. The molecule has 0 fully saturated rings. The minimum atomic E-state index is -0.0850. The number of aromatic nitrogens is 7. The topological polar surface area (TPSA) is 141 Å². The third-order valence-electron chi connectivity index (χ3n) is 5.55. The SMILES string of the molecule is Cc1ccc(Nc2ccc3c(c2)ncn3-c2nc(-c3c(C#N)n[nH]c3C)c(CCO)cc2Cl)nn1. The number of anilines is 2. The molecule has 0 bridgehead atoms. The van der Waals surface area contributed by atoms with Crippen molar-refractivity contribution in [3.63, 3.8) is 0 Å². The molecule has 0 atom stereocenters. The molecule has 0 unspecified atom stereocenters. The van der Waals surface area contributed by atoms with Gasteiger partial charge < -0.3 is 10.4 Å². The summed E-state index contributed by atoms with van der Waals surface area (Å²) in [6.07, 6.45) is 1.98. The summed E-state index contributed by atoms with van der Waals surface area (Å²) < 4.78 is 1.79. The summed E-state index contributed by atoms with van der Waals surface area (Å²) in [5.74, 6) is 1.09. The maximum atomic E-state index is 9.58. The van der Waals surface area contributed by atoms with Crippen molar-refractivity contribution in [3.05, 3.63) is 70.4 Å². The third kappa shape index (κ3) is 4.19. The number of hydrogen-bond donors (Lipinski definition) is 3. The molecule has 0 saturated heterocycles. The van der Waals surface area contributed by atoms with Crippen LogP contribution in [-0.2, 0) is 6.42 Å². The zero-order chi connectivity index (χ0) is 24.5. The minimum absolute atomic E-state index is 0.0850. The van der Waals surface area contributed by atoms with Crippen LogP contribution < -0.4 is 5.32 Å². The van der Waals surface area contributed by atoms with Gasteiger partial charge in [-0.1, -0.05) is 11.6 Å². The van der Waals surface area contributed by atoms with Gasteiger partial charge in [-0.2, -0.15) is 15.5 Å². The van der Waals surface area contributed by atoms with Gasteiger partial charge in [-0.05, 0) is 62.2 Å². The molecular formula is C24H20ClN9O. The number of rotatable bonds is 6. The molecule has 11 heteroatoms. The van der Waals surface area contributed by atoms with Crippen LogP contribution >= 0.6 is 11.6 Å². The summed E-state index contributed by atoms with van der Waals surface area (Å²) in [4.78, 5) is 9.36. The monoisotopic (exact) mass is 485 g/mol. The molecule has 10 nitrogen and oxygen atoms in total. The van der Waals surface area contributed by atoms with Gasteiger partial charge in [-0.3, -0.25) is 9.67 Å². The van der Waals surface area contributed by atoms with E-state index in [0.717, 1.165) is 28.0 Å². The second-order valence-corrected chi connectivity index (χ2v) is 8.37. The molecule has 5 aromatic rings. The zero-order valence-electron chi connectivity index (χ0n) is 18.9. The summed E-state index contributed by atoms with van der Waals surface area (Å²) in [6, 6.07) is 13.3. The van der Waals surface area contributed by atoms with Gasteiger partial charge in [0.15, 0.2) is 17.3 Å². The van der Waals surface area contributed by atoms with E-state index >= 15 is 0 Å². The van der Waals surface area contributed by atoms with Crippen molar-refractivity contribution in [1.29, 1.82) is 5.26 Å². The fraction of sp³-hybridized carbons (Fsp3) is 0.167. The van der Waals surface area contributed by atoms with Crippen LogP contribution in [0, 0.1) is 25.2 Å². The lowest BCUT2D eigenvalue weighted by Crippen LogP contribution is -2.05. The first-order valence-corrected chi connectivity index (χ1v) is 11.2. The van der Waals surface area contributed by atoms with Crippen molar-refractivity contribution < 1.29 is 5.11 Å². The number of nitriles is 1. The highest BCUT2D eigenvalue weighted by Crippen LogP contribution is 2.33. The Bertz CT molecular complexity index is 1580. The maximum Gasteiger partial charge on any atom is 0.171 e. The van der Waals surface area contributed by atoms with Gasteiger partial charge in [0, 0.05) is 18.0 Å². The lowest BCUT2D eigenvalue weighted by atomic mass is 10.0. The molecule has 0 amide bonds. The van der Waals surface area contributed by atoms with Crippen molar-refractivity contribution in [2.45, 2.75) is 20.3 Å². The number of halogens is 1. The fourth-order valence-corrected chi connectivity index (χ4v) is 4.15. The quantitative estimate of drug-likeness (QED) is 0.327. The number of aliphatic hydroxyl groups is 1. The molecule has 1 aromatic carbocycles. The van der Waals surface area contributed by atoms with Crippen LogP contribution in [0.4, 0.5) is 11.5 Å². The number of aromatic amines is 1. The Labute approximate surface area is 205 Å². The highest BCUT2D eigenvalue weighted by atomic mass is 35.5. The lowest BCUT2D eigenvalue weighted by molar-refractivity contribution is 0.299. The van der Waals surface area contributed by atoms with Gasteiger partial charge >= 0.3 is 0 Å². The van der Waals surface area contributed by atoms with Crippen LogP contribution in [0.3, 0.4) is 0 Å². The number of hydrogen-bond acceptors (Lipinski definition) is 8. The van der Waals surface area contributed by atoms with Gasteiger partial charge in [0.1, 0.15) is 12.4 Å². The molecule has 0 spiro atoms. The van der Waals surface area contributed by atoms with Crippen LogP contribution in [0.5, 0.6) is 0 Å². The van der Waals surface area contributed by atoms with E-state index in [9.17, 15) is 10.4 Å². The predicted molar refractivity (Wildman–Crippen MR) is 132 cm³/mol. The van der Waals surface area contributed by atoms with Crippen molar-refractivity contribution in [1.82, 2.24) is 34.9 Å². The van der Waals surface area contributed by atoms with Crippen LogP contribution in [0.2, 0.25) is 5.02 Å². The van der Waals surface area contributed by atoms with Crippen LogP contribution in [0.1, 0.15) is 22.6 Å². The first-order valence-electron chi connectivity index (χ1n) is 10.8. The Morgan fingerprint density at radius 3 is 2.77 bits per heavy atom. The van der Waals surface area contributed by atoms with E-state index in [1.807, 2.05) is 44.2 Å². The summed E-state index contributed by atoms with van der Waals surface area (Å²) in [5, 5.41) is 37.8. The average Bonchev–Trinajstić information content (AvgIpc) is 3.44. The Kier molecular flexibility index (Phi) is 5.86. The minimum Gasteiger partial charge on any atom is -0.396 e. The molecular weight excluding hydrogens is 466 g/mol. The first kappa shape index (κ1) is 22.5. The highest BCUT2D eigenvalue weighted by Gasteiger charge is 2.21. The Morgan fingerprint density at radius 2 is 2.03 bits per heavy atom. The number of nitrogens with zero attached hydrogens (tertiary/aromatic N) is 7. The van der Waals surface area contributed by atoms with Crippen molar-refractivity contribution in [3.8, 4) is 23.1 Å². The van der Waals surface area contributed by atoms with E-state index in [4.69, 9.17) is 16.6 Å². The van der Waals surface area contributed by atoms with Gasteiger partial charge in [0.05, 0.1) is 33.0 Å². The van der Waals surface area contributed by atoms with E-state index in [1.165, 1.54) is 0 Å². The molecule has 5 rings (SSSR count). The molecule has 0 saturated carbocycles. The summed E-state index contributed by atoms with van der Waals surface area (Å²) in [7, 11) is 0. The van der Waals surface area contributed by atoms with E-state index in [0.29, 0.717) is 40.0 Å². The molecule has 35 heavy (non-hydrogen) atoms. The van der Waals surface area contributed by atoms with Crippen LogP contribution in [-0.4, -0.2) is 46.6 Å². The van der Waals surface area contributed by atoms with Crippen molar-refractivity contribution in [2.24, 2.45) is 0 Å². The van der Waals surface area contributed by atoms with E-state index in [-0.39, 0.29) is 12.3 Å². The Hall–Kier alpha value is -4.33. The molecule has 4 heterocycles. The van der Waals surface area contributed by atoms with Crippen LogP contribution in [0.15, 0.2) is 42.7 Å². The van der Waals surface area contributed by atoms with Gasteiger partial charge in [0.2, 0.25) is 0 Å². The van der Waals surface area contributed by atoms with Crippen LogP contribution in [0.25, 0.3) is 28.1 Å². The molecule has 0 aliphatic rings. The number of aliphatic hydroxyl groups excluding tert-OH is 1. The molecule has 4 aromatic heterocycles. The first-order chi connectivity index (χ1) is 17.0. The van der Waals surface area contributed by atoms with Gasteiger partial charge in [-0.15, -0.1) is 5.10 Å². The van der Waals surface area contributed by atoms with Crippen molar-refractivity contribution >= 4 is 34.1 Å². The number of H-pyrrole nitrogens is 1. The summed E-state index contributed by atoms with van der Waals surface area (Å²) in [5.41, 5.74) is 5.95. The highest BCUT2D eigenvalue weighted by molar-refractivity contribution is 6.32. The summed E-state index contributed by atoms with van der Waals surface area (Å²) in [6.45, 7) is 3.62. The van der Waals surface area contributed by atoms with E-state index < -0.39 is 0 Å². The molecule has 3 N–H and O–H groups in total. The predicted octanol–water partition coefficient (Wildman–Crippen LogP) is 4.02. The molecule has 0 aliphatic heterocycles. The zero-order valence-corrected chi connectivity index (χ0v) is 19.7. The molecule has 0 radical (unpaired) electrons. The second-order valence-electron chi connectivity index (χ2n) is 7.96. The largest absolute Gasteiger partial charge is 0.396 e. The lowest BCUT2D eigenvalue weighted by Gasteiger charge is -2.13. The molecule has 174 valence electrons. The second kappa shape index (κ2) is 9.13. The van der Waals surface area contributed by atoms with Gasteiger partial charge in [-0.25, -0.2) is 9.97 Å². The number of aryl methyl sites for hydroxylation is 2. The van der Waals surface area contributed by atoms with E-state index in [1.54, 1.807) is 17.0 Å². The number of benzene rings is 1. The van der Waals surface area contributed by atoms with Gasteiger partial charge in [0.25, 0.3) is 0 Å². The summed E-state index contributed by atoms with van der Waals surface area (Å²) >= 11 is 6.65.